The van der Waals surface area contributed by atoms with Gasteiger partial charge in [-0.25, -0.2) is 21.7 Å². The molecule has 1 aliphatic heterocycles. The number of anilines is 1. The van der Waals surface area contributed by atoms with Gasteiger partial charge in [0.2, 0.25) is 5.52 Å². The topological polar surface area (TPSA) is 150 Å². The SMILES string of the molecule is [C-]#[N+]c1ccc2c(c1)N(CCC(C)S(=O)(=O)[O-])C(=Cc1sc3ccc(C#N)cc3[n+]1CCC(C)S(=O)(=O)[O-])S2. The van der Waals surface area contributed by atoms with E-state index in [4.69, 9.17) is 6.57 Å². The molecule has 0 saturated carbocycles. The Morgan fingerprint density at radius 3 is 2.44 bits per heavy atom. The van der Waals surface area contributed by atoms with Gasteiger partial charge in [-0.2, -0.15) is 9.83 Å². The summed E-state index contributed by atoms with van der Waals surface area (Å²) in [5.41, 5.74) is 2.29. The molecule has 1 aromatic heterocycles. The van der Waals surface area contributed by atoms with Crippen molar-refractivity contribution in [1.82, 2.24) is 0 Å². The number of hydrogen-bond donors (Lipinski definition) is 0. The van der Waals surface area contributed by atoms with Crippen molar-refractivity contribution in [3.8, 4) is 6.07 Å². The van der Waals surface area contributed by atoms with Gasteiger partial charge in [-0.1, -0.05) is 35.2 Å². The predicted molar refractivity (Wildman–Crippen MR) is 148 cm³/mol. The molecule has 0 aliphatic carbocycles. The van der Waals surface area contributed by atoms with Crippen molar-refractivity contribution in [2.24, 2.45) is 0 Å². The first kappa shape index (κ1) is 29.0. The summed E-state index contributed by atoms with van der Waals surface area (Å²) in [6, 6.07) is 12.5. The van der Waals surface area contributed by atoms with Crippen LogP contribution in [0.1, 0.15) is 37.3 Å². The quantitative estimate of drug-likeness (QED) is 0.199. The van der Waals surface area contributed by atoms with Gasteiger partial charge >= 0.3 is 0 Å². The van der Waals surface area contributed by atoms with Crippen molar-refractivity contribution in [2.75, 3.05) is 11.4 Å². The minimum atomic E-state index is -4.48. The number of benzene rings is 2. The van der Waals surface area contributed by atoms with E-state index in [0.29, 0.717) is 11.3 Å². The lowest BCUT2D eigenvalue weighted by atomic mass is 10.2. The number of hydrogen-bond acceptors (Lipinski definition) is 10. The van der Waals surface area contributed by atoms with Gasteiger partial charge in [-0.3, -0.25) is 0 Å². The molecule has 3 aromatic rings. The van der Waals surface area contributed by atoms with Gasteiger partial charge in [0.15, 0.2) is 12.2 Å². The Balaban J connectivity index is 1.80. The van der Waals surface area contributed by atoms with Crippen molar-refractivity contribution in [2.45, 2.75) is 48.6 Å². The highest BCUT2D eigenvalue weighted by atomic mass is 32.2. The van der Waals surface area contributed by atoms with Crippen LogP contribution in [-0.2, 0) is 26.8 Å². The summed E-state index contributed by atoms with van der Waals surface area (Å²) < 4.78 is 71.9. The van der Waals surface area contributed by atoms with Crippen LogP contribution in [0.25, 0.3) is 21.1 Å². The van der Waals surface area contributed by atoms with Crippen molar-refractivity contribution >= 4 is 71.0 Å². The first-order valence-electron chi connectivity index (χ1n) is 11.8. The summed E-state index contributed by atoms with van der Waals surface area (Å²) in [6.07, 6.45) is 2.02. The third-order valence-electron chi connectivity index (χ3n) is 6.45. The summed E-state index contributed by atoms with van der Waals surface area (Å²) in [7, 11) is -8.95. The fraction of sp³-hybridized carbons (Fsp3) is 0.320. The Morgan fingerprint density at radius 2 is 1.79 bits per heavy atom. The molecule has 0 amide bonds. The Morgan fingerprint density at radius 1 is 1.10 bits per heavy atom. The van der Waals surface area contributed by atoms with Crippen molar-refractivity contribution in [3.63, 3.8) is 0 Å². The average Bonchev–Trinajstić information content (AvgIpc) is 3.40. The molecule has 2 atom stereocenters. The minimum Gasteiger partial charge on any atom is -0.748 e. The highest BCUT2D eigenvalue weighted by Gasteiger charge is 2.29. The number of nitrogens with zero attached hydrogens (tertiary/aromatic N) is 4. The molecule has 10 nitrogen and oxygen atoms in total. The molecular weight excluding hydrogens is 581 g/mol. The number of rotatable bonds is 9. The highest BCUT2D eigenvalue weighted by molar-refractivity contribution is 8.04. The molecule has 0 N–H and O–H groups in total. The van der Waals surface area contributed by atoms with Crippen LogP contribution in [0.5, 0.6) is 0 Å². The van der Waals surface area contributed by atoms with Gasteiger partial charge in [0.05, 0.1) is 54.8 Å². The molecule has 2 heterocycles. The maximum absolute atomic E-state index is 11.5. The molecule has 0 radical (unpaired) electrons. The number of nitriles is 1. The van der Waals surface area contributed by atoms with E-state index >= 15 is 0 Å². The van der Waals surface area contributed by atoms with Crippen molar-refractivity contribution in [1.29, 1.82) is 5.26 Å². The fourth-order valence-corrected chi connectivity index (χ4v) is 7.10. The van der Waals surface area contributed by atoms with Crippen LogP contribution in [0, 0.1) is 17.9 Å². The molecule has 0 bridgehead atoms. The highest BCUT2D eigenvalue weighted by Crippen LogP contribution is 2.48. The average molecular weight is 604 g/mol. The van der Waals surface area contributed by atoms with E-state index in [1.807, 2.05) is 27.7 Å². The number of thioether (sulfide) groups is 1. The monoisotopic (exact) mass is 603 g/mol. The Kier molecular flexibility index (Phi) is 8.37. The lowest BCUT2D eigenvalue weighted by molar-refractivity contribution is -0.669. The van der Waals surface area contributed by atoms with Crippen molar-refractivity contribution in [3.05, 3.63) is 63.4 Å². The second kappa shape index (κ2) is 11.3. The number of aromatic nitrogens is 1. The van der Waals surface area contributed by atoms with E-state index in [-0.39, 0.29) is 25.9 Å². The summed E-state index contributed by atoms with van der Waals surface area (Å²) in [5, 5.41) is 8.65. The molecular formula is C25H23N4O6S4-. The lowest BCUT2D eigenvalue weighted by Crippen LogP contribution is -2.38. The lowest BCUT2D eigenvalue weighted by Gasteiger charge is -2.23. The van der Waals surface area contributed by atoms with E-state index in [2.05, 4.69) is 10.9 Å². The third-order valence-corrected chi connectivity index (χ3v) is 11.1. The Bertz CT molecular complexity index is 1770. The van der Waals surface area contributed by atoms with Crippen molar-refractivity contribution < 1.29 is 30.5 Å². The van der Waals surface area contributed by atoms with Crippen LogP contribution in [0.2, 0.25) is 0 Å². The van der Waals surface area contributed by atoms with Gasteiger partial charge in [0.25, 0.3) is 5.01 Å². The van der Waals surface area contributed by atoms with Gasteiger partial charge in [-0.05, 0) is 38.5 Å². The van der Waals surface area contributed by atoms with Gasteiger partial charge in [0, 0.05) is 34.9 Å². The summed E-state index contributed by atoms with van der Waals surface area (Å²) >= 11 is 2.85. The second-order valence-corrected chi connectivity index (χ2v) is 14.8. The number of aryl methyl sites for hydroxylation is 1. The minimum absolute atomic E-state index is 0.0691. The van der Waals surface area contributed by atoms with Gasteiger partial charge < -0.3 is 14.0 Å². The molecule has 14 heteroatoms. The molecule has 2 unspecified atom stereocenters. The summed E-state index contributed by atoms with van der Waals surface area (Å²) in [4.78, 5) is 6.22. The zero-order chi connectivity index (χ0) is 28.5. The van der Waals surface area contributed by atoms with Crippen LogP contribution in [0.4, 0.5) is 11.4 Å². The second-order valence-electron chi connectivity index (χ2n) is 9.07. The zero-order valence-electron chi connectivity index (χ0n) is 20.9. The Hall–Kier alpha value is -2.98. The van der Waals surface area contributed by atoms with E-state index in [1.54, 1.807) is 24.3 Å². The number of fused-ring (bicyclic) bond motifs is 2. The fourth-order valence-electron chi connectivity index (χ4n) is 4.02. The van der Waals surface area contributed by atoms with Crippen LogP contribution < -0.4 is 9.47 Å². The van der Waals surface area contributed by atoms with E-state index in [9.17, 15) is 31.2 Å². The van der Waals surface area contributed by atoms with Crippen LogP contribution in [-0.4, -0.2) is 43.0 Å². The van der Waals surface area contributed by atoms with E-state index in [0.717, 1.165) is 30.8 Å². The largest absolute Gasteiger partial charge is 0.748 e. The first-order chi connectivity index (χ1) is 18.3. The van der Waals surface area contributed by atoms with Gasteiger partial charge in [0.1, 0.15) is 4.70 Å². The maximum Gasteiger partial charge on any atom is 0.265 e. The molecule has 0 saturated heterocycles. The normalized spacial score (nSPS) is 16.2. The summed E-state index contributed by atoms with van der Waals surface area (Å²) in [5.74, 6) is 0. The predicted octanol–water partition coefficient (Wildman–Crippen LogP) is 4.17. The van der Waals surface area contributed by atoms with E-state index < -0.39 is 30.7 Å². The molecule has 0 fully saturated rings. The molecule has 39 heavy (non-hydrogen) atoms. The van der Waals surface area contributed by atoms with Crippen LogP contribution in [0.15, 0.2) is 46.3 Å². The molecule has 0 spiro atoms. The smallest absolute Gasteiger partial charge is 0.265 e. The van der Waals surface area contributed by atoms with Crippen LogP contribution >= 0.6 is 23.1 Å². The Labute approximate surface area is 235 Å². The zero-order valence-corrected chi connectivity index (χ0v) is 24.2. The van der Waals surface area contributed by atoms with E-state index in [1.165, 1.54) is 36.9 Å². The van der Waals surface area contributed by atoms with Crippen LogP contribution in [0.3, 0.4) is 0 Å². The molecule has 2 aromatic carbocycles. The standard InChI is InChI=1S/C25H24N4O6S4/c1-16(38(30,31)32)8-10-28-20-12-18(15-26)4-6-22(20)36-24(28)14-25-29(11-9-17(2)39(33,34)35)21-13-19(27-3)5-7-23(21)37-25/h4-7,12-14,16-17H,8-11H2,1-2H3,(H-,30,31,32,33,34,35)/p-1. The first-order valence-corrected chi connectivity index (χ1v) is 16.3. The van der Waals surface area contributed by atoms with Gasteiger partial charge in [-0.15, -0.1) is 0 Å². The summed E-state index contributed by atoms with van der Waals surface area (Å²) in [6.45, 7) is 10.5. The molecule has 1 aliphatic rings. The maximum atomic E-state index is 11.5. The molecule has 204 valence electrons. The third kappa shape index (κ3) is 6.44. The number of thiazole rings is 1. The molecule has 4 rings (SSSR count).